The Balaban J connectivity index is 1.68. The van der Waals surface area contributed by atoms with Gasteiger partial charge in [-0.3, -0.25) is 9.88 Å². The lowest BCUT2D eigenvalue weighted by Gasteiger charge is -2.27. The van der Waals surface area contributed by atoms with Crippen molar-refractivity contribution in [2.24, 2.45) is 0 Å². The van der Waals surface area contributed by atoms with E-state index in [0.717, 1.165) is 41.7 Å². The van der Waals surface area contributed by atoms with Crippen molar-refractivity contribution in [1.29, 1.82) is 0 Å². The van der Waals surface area contributed by atoms with Crippen LogP contribution >= 0.6 is 0 Å². The number of halogens is 3. The molecule has 22 heavy (non-hydrogen) atoms. The van der Waals surface area contributed by atoms with Crippen LogP contribution in [-0.2, 0) is 25.7 Å². The van der Waals surface area contributed by atoms with Crippen LogP contribution in [0.4, 0.5) is 13.2 Å². The van der Waals surface area contributed by atoms with Crippen molar-refractivity contribution in [3.05, 3.63) is 52.9 Å². The number of nitrogens with zero attached hydrogens (tertiary/aromatic N) is 4. The van der Waals surface area contributed by atoms with Crippen LogP contribution in [0.3, 0.4) is 0 Å². The first-order valence-corrected chi connectivity index (χ1v) is 6.98. The predicted molar refractivity (Wildman–Crippen MR) is 73.8 cm³/mol. The fourth-order valence-corrected chi connectivity index (χ4v) is 2.55. The first-order chi connectivity index (χ1) is 10.4. The lowest BCUT2D eigenvalue weighted by molar-refractivity contribution is -0.141. The van der Waals surface area contributed by atoms with Crippen LogP contribution in [0.25, 0.3) is 0 Å². The van der Waals surface area contributed by atoms with E-state index in [0.29, 0.717) is 13.1 Å². The van der Waals surface area contributed by atoms with Crippen molar-refractivity contribution in [2.45, 2.75) is 32.6 Å². The molecule has 0 amide bonds. The number of aryl methyl sites for hydroxylation is 1. The molecule has 1 aliphatic rings. The van der Waals surface area contributed by atoms with Crippen molar-refractivity contribution in [1.82, 2.24) is 19.9 Å². The van der Waals surface area contributed by atoms with Gasteiger partial charge in [0.15, 0.2) is 0 Å². The molecule has 0 radical (unpaired) electrons. The number of aromatic nitrogens is 3. The van der Waals surface area contributed by atoms with Crippen LogP contribution in [0.2, 0.25) is 0 Å². The molecule has 3 heterocycles. The minimum Gasteiger partial charge on any atom is -0.294 e. The lowest BCUT2D eigenvalue weighted by Crippen LogP contribution is -2.31. The molecule has 4 nitrogen and oxygen atoms in total. The molecule has 1 aliphatic heterocycles. The summed E-state index contributed by atoms with van der Waals surface area (Å²) in [6.07, 6.45) is -0.441. The molecule has 7 heteroatoms. The molecule has 0 spiro atoms. The third kappa shape index (κ3) is 3.24. The molecule has 2 aromatic heterocycles. The van der Waals surface area contributed by atoms with Gasteiger partial charge in [0.05, 0.1) is 0 Å². The van der Waals surface area contributed by atoms with Gasteiger partial charge in [-0.2, -0.15) is 13.2 Å². The first kappa shape index (κ1) is 14.9. The van der Waals surface area contributed by atoms with Crippen molar-refractivity contribution in [3.8, 4) is 0 Å². The average Bonchev–Trinajstić information content (AvgIpc) is 2.47. The maximum Gasteiger partial charge on any atom is 0.433 e. The summed E-state index contributed by atoms with van der Waals surface area (Å²) in [4.78, 5) is 14.3. The molecule has 0 bridgehead atoms. The fraction of sp³-hybridized carbons (Fsp3) is 0.400. The minimum absolute atomic E-state index is 0.568. The van der Waals surface area contributed by atoms with Crippen molar-refractivity contribution >= 4 is 0 Å². The smallest absolute Gasteiger partial charge is 0.294 e. The molecular weight excluding hydrogens is 293 g/mol. The molecule has 0 unspecified atom stereocenters. The standard InChI is InChI=1S/C15H15F3N4/c1-10-19-7-12-9-22(5-4-13(12)21-10)8-11-2-3-14(20-6-11)15(16,17)18/h2-3,6-7H,4-5,8-9H2,1H3. The first-order valence-electron chi connectivity index (χ1n) is 6.98. The van der Waals surface area contributed by atoms with Gasteiger partial charge in [0.2, 0.25) is 0 Å². The zero-order valence-electron chi connectivity index (χ0n) is 12.1. The lowest BCUT2D eigenvalue weighted by atomic mass is 10.1. The zero-order valence-corrected chi connectivity index (χ0v) is 12.1. The molecule has 116 valence electrons. The number of fused-ring (bicyclic) bond motifs is 1. The summed E-state index contributed by atoms with van der Waals surface area (Å²) in [6.45, 7) is 3.96. The molecule has 0 saturated carbocycles. The fourth-order valence-electron chi connectivity index (χ4n) is 2.55. The van der Waals surface area contributed by atoms with E-state index < -0.39 is 11.9 Å². The SMILES string of the molecule is Cc1ncc2c(n1)CCN(Cc1ccc(C(F)(F)F)nc1)C2. The normalized spacial score (nSPS) is 15.6. The topological polar surface area (TPSA) is 41.9 Å². The third-order valence-corrected chi connectivity index (χ3v) is 3.65. The quantitative estimate of drug-likeness (QED) is 0.855. The third-order valence-electron chi connectivity index (χ3n) is 3.65. The highest BCUT2D eigenvalue weighted by molar-refractivity contribution is 5.21. The van der Waals surface area contributed by atoms with Crippen molar-refractivity contribution in [2.75, 3.05) is 6.54 Å². The van der Waals surface area contributed by atoms with Crippen LogP contribution < -0.4 is 0 Å². The van der Waals surface area contributed by atoms with Gasteiger partial charge in [0, 0.05) is 49.7 Å². The van der Waals surface area contributed by atoms with Gasteiger partial charge in [-0.05, 0) is 18.6 Å². The summed E-state index contributed by atoms with van der Waals surface area (Å²) in [6, 6.07) is 2.51. The van der Waals surface area contributed by atoms with Gasteiger partial charge in [-0.1, -0.05) is 6.07 Å². The monoisotopic (exact) mass is 308 g/mol. The Labute approximate surface area is 126 Å². The summed E-state index contributed by atoms with van der Waals surface area (Å²) in [5, 5.41) is 0. The van der Waals surface area contributed by atoms with E-state index in [1.54, 1.807) is 0 Å². The highest BCUT2D eigenvalue weighted by atomic mass is 19.4. The van der Waals surface area contributed by atoms with Gasteiger partial charge in [0.25, 0.3) is 0 Å². The maximum absolute atomic E-state index is 12.5. The molecule has 2 aromatic rings. The van der Waals surface area contributed by atoms with E-state index in [-0.39, 0.29) is 0 Å². The molecule has 0 atom stereocenters. The largest absolute Gasteiger partial charge is 0.433 e. The summed E-state index contributed by atoms with van der Waals surface area (Å²) in [5.74, 6) is 0.763. The molecule has 0 N–H and O–H groups in total. The summed E-state index contributed by atoms with van der Waals surface area (Å²) in [5.41, 5.74) is 2.06. The predicted octanol–water partition coefficient (Wildman–Crippen LogP) is 2.76. The number of hydrogen-bond donors (Lipinski definition) is 0. The van der Waals surface area contributed by atoms with Gasteiger partial charge in [-0.15, -0.1) is 0 Å². The highest BCUT2D eigenvalue weighted by Gasteiger charge is 2.32. The van der Waals surface area contributed by atoms with Crippen molar-refractivity contribution < 1.29 is 13.2 Å². The van der Waals surface area contributed by atoms with E-state index in [2.05, 4.69) is 19.9 Å². The molecule has 0 saturated heterocycles. The van der Waals surface area contributed by atoms with Crippen LogP contribution in [0, 0.1) is 6.92 Å². The van der Waals surface area contributed by atoms with E-state index >= 15 is 0 Å². The molecule has 0 aromatic carbocycles. The van der Waals surface area contributed by atoms with E-state index in [4.69, 9.17) is 0 Å². The second kappa shape index (κ2) is 5.64. The summed E-state index contributed by atoms with van der Waals surface area (Å²) >= 11 is 0. The summed E-state index contributed by atoms with van der Waals surface area (Å²) in [7, 11) is 0. The van der Waals surface area contributed by atoms with Gasteiger partial charge < -0.3 is 0 Å². The van der Waals surface area contributed by atoms with Crippen LogP contribution in [-0.4, -0.2) is 26.4 Å². The van der Waals surface area contributed by atoms with Crippen molar-refractivity contribution in [3.63, 3.8) is 0 Å². The molecular formula is C15H15F3N4. The molecule has 0 aliphatic carbocycles. The van der Waals surface area contributed by atoms with E-state index in [1.165, 1.54) is 12.3 Å². The van der Waals surface area contributed by atoms with Crippen LogP contribution in [0.1, 0.15) is 28.3 Å². The molecule has 0 fully saturated rings. The highest BCUT2D eigenvalue weighted by Crippen LogP contribution is 2.27. The minimum atomic E-state index is -4.39. The Morgan fingerprint density at radius 2 is 2.00 bits per heavy atom. The van der Waals surface area contributed by atoms with Gasteiger partial charge >= 0.3 is 6.18 Å². The van der Waals surface area contributed by atoms with Crippen LogP contribution in [0.15, 0.2) is 24.5 Å². The number of hydrogen-bond acceptors (Lipinski definition) is 4. The van der Waals surface area contributed by atoms with E-state index in [9.17, 15) is 13.2 Å². The maximum atomic E-state index is 12.5. The molecule has 3 rings (SSSR count). The Morgan fingerprint density at radius 3 is 2.68 bits per heavy atom. The summed E-state index contributed by atoms with van der Waals surface area (Å²) < 4.78 is 37.5. The Hall–Kier alpha value is -2.02. The number of alkyl halides is 3. The van der Waals surface area contributed by atoms with Gasteiger partial charge in [0.1, 0.15) is 11.5 Å². The van der Waals surface area contributed by atoms with E-state index in [1.807, 2.05) is 13.1 Å². The Bertz CT molecular complexity index is 667. The van der Waals surface area contributed by atoms with Gasteiger partial charge in [-0.25, -0.2) is 9.97 Å². The van der Waals surface area contributed by atoms with Crippen LogP contribution in [0.5, 0.6) is 0 Å². The number of rotatable bonds is 2. The second-order valence-electron chi connectivity index (χ2n) is 5.40. The Morgan fingerprint density at radius 1 is 1.18 bits per heavy atom. The zero-order chi connectivity index (χ0) is 15.7. The average molecular weight is 308 g/mol. The second-order valence-corrected chi connectivity index (χ2v) is 5.40. The number of pyridine rings is 1. The Kier molecular flexibility index (Phi) is 3.82.